The molecule has 1 N–H and O–H groups in total. The van der Waals surface area contributed by atoms with Gasteiger partial charge in [-0.05, 0) is 28.3 Å². The largest absolute Gasteiger partial charge is 0.245 e. The van der Waals surface area contributed by atoms with E-state index in [1.54, 1.807) is 0 Å². The Morgan fingerprint density at radius 1 is 0.967 bits per heavy atom. The van der Waals surface area contributed by atoms with Crippen LogP contribution in [0.2, 0.25) is 0 Å². The highest BCUT2D eigenvalue weighted by atomic mass is 15.5. The van der Waals surface area contributed by atoms with Crippen molar-refractivity contribution in [3.63, 3.8) is 0 Å². The lowest BCUT2D eigenvalue weighted by molar-refractivity contribution is 0.573. The number of H-pyrrole nitrogens is 1. The number of aromatic nitrogens is 7. The summed E-state index contributed by atoms with van der Waals surface area (Å²) in [5.41, 5.74) is 4.34. The van der Waals surface area contributed by atoms with Gasteiger partial charge in [-0.3, -0.25) is 0 Å². The number of benzene rings is 2. The molecule has 2 aromatic heterocycles. The van der Waals surface area contributed by atoms with Gasteiger partial charge >= 0.3 is 0 Å². The van der Waals surface area contributed by atoms with Crippen LogP contribution in [0.4, 0.5) is 0 Å². The van der Waals surface area contributed by atoms with E-state index in [9.17, 15) is 0 Å². The number of tetrazole rings is 1. The molecule has 0 saturated carbocycles. The Morgan fingerprint density at radius 2 is 1.70 bits per heavy atom. The molecule has 2 aromatic carbocycles. The fourth-order valence-electron chi connectivity index (χ4n) is 3.45. The molecule has 0 amide bonds. The molecule has 0 spiro atoms. The lowest BCUT2D eigenvalue weighted by Crippen LogP contribution is -2.09. The minimum Gasteiger partial charge on any atom is -0.245 e. The van der Waals surface area contributed by atoms with E-state index in [1.807, 2.05) is 18.2 Å². The molecule has 154 valence electrons. The fourth-order valence-corrected chi connectivity index (χ4v) is 3.45. The summed E-state index contributed by atoms with van der Waals surface area (Å²) in [6, 6.07) is 16.7. The fraction of sp³-hybridized carbons (Fsp3) is 0.348. The third-order valence-electron chi connectivity index (χ3n) is 5.40. The summed E-state index contributed by atoms with van der Waals surface area (Å²) in [5.74, 6) is 3.27. The summed E-state index contributed by atoms with van der Waals surface area (Å²) < 4.78 is 2.06. The highest BCUT2D eigenvalue weighted by molar-refractivity contribution is 5.80. The average molecular weight is 402 g/mol. The Morgan fingerprint density at radius 3 is 2.33 bits per heavy atom. The first-order valence-corrected chi connectivity index (χ1v) is 10.4. The molecule has 0 aliphatic heterocycles. The standard InChI is InChI=1S/C23H27N7/c1-5-16(4)23-24-21(15(2)3)27-30(23)14-17-10-12-18(13-11-17)19-8-6-7-9-20(19)22-25-28-29-26-22/h6-13,15-16H,5,14H2,1-4H3,(H,25,26,28,29). The van der Waals surface area contributed by atoms with Crippen LogP contribution in [0.15, 0.2) is 48.5 Å². The van der Waals surface area contributed by atoms with E-state index in [-0.39, 0.29) is 0 Å². The molecule has 1 atom stereocenters. The third-order valence-corrected chi connectivity index (χ3v) is 5.40. The Balaban J connectivity index is 1.62. The van der Waals surface area contributed by atoms with Crippen LogP contribution in [0.1, 0.15) is 63.2 Å². The minimum absolute atomic E-state index is 0.318. The van der Waals surface area contributed by atoms with Crippen LogP contribution in [0.5, 0.6) is 0 Å². The molecule has 0 bridgehead atoms. The molecule has 30 heavy (non-hydrogen) atoms. The Bertz CT molecular complexity index is 1100. The number of hydrogen-bond acceptors (Lipinski definition) is 5. The zero-order chi connectivity index (χ0) is 21.1. The zero-order valence-corrected chi connectivity index (χ0v) is 17.9. The molecule has 1 unspecified atom stereocenters. The molecule has 0 aliphatic rings. The van der Waals surface area contributed by atoms with E-state index < -0.39 is 0 Å². The second-order valence-corrected chi connectivity index (χ2v) is 7.93. The predicted octanol–water partition coefficient (Wildman–Crippen LogP) is 4.81. The van der Waals surface area contributed by atoms with E-state index in [4.69, 9.17) is 10.1 Å². The summed E-state index contributed by atoms with van der Waals surface area (Å²) in [5, 5.41) is 19.3. The van der Waals surface area contributed by atoms with Gasteiger partial charge in [0.15, 0.2) is 5.82 Å². The lowest BCUT2D eigenvalue weighted by Gasteiger charge is -2.11. The normalized spacial score (nSPS) is 12.4. The molecule has 4 rings (SSSR count). The van der Waals surface area contributed by atoms with Crippen molar-refractivity contribution in [2.24, 2.45) is 0 Å². The first-order chi connectivity index (χ1) is 14.6. The molecular formula is C23H27N7. The van der Waals surface area contributed by atoms with Crippen molar-refractivity contribution in [2.45, 2.75) is 52.5 Å². The SMILES string of the molecule is CCC(C)c1nc(C(C)C)nn1Cc1ccc(-c2ccccc2-c2nn[nH]n2)cc1. The van der Waals surface area contributed by atoms with Gasteiger partial charge in [-0.15, -0.1) is 10.2 Å². The van der Waals surface area contributed by atoms with Crippen molar-refractivity contribution in [2.75, 3.05) is 0 Å². The van der Waals surface area contributed by atoms with Crippen LogP contribution in [-0.4, -0.2) is 35.4 Å². The molecule has 0 saturated heterocycles. The van der Waals surface area contributed by atoms with Gasteiger partial charge < -0.3 is 0 Å². The third kappa shape index (κ3) is 4.01. The lowest BCUT2D eigenvalue weighted by atomic mass is 9.98. The molecule has 7 nitrogen and oxygen atoms in total. The highest BCUT2D eigenvalue weighted by Gasteiger charge is 2.17. The van der Waals surface area contributed by atoms with E-state index in [1.165, 1.54) is 5.56 Å². The Hall–Kier alpha value is -3.35. The smallest absolute Gasteiger partial charge is 0.205 e. The van der Waals surface area contributed by atoms with E-state index in [0.29, 0.717) is 24.2 Å². The molecular weight excluding hydrogens is 374 g/mol. The molecule has 4 aromatic rings. The first kappa shape index (κ1) is 19.9. The van der Waals surface area contributed by atoms with Crippen LogP contribution in [-0.2, 0) is 6.54 Å². The van der Waals surface area contributed by atoms with Crippen molar-refractivity contribution in [3.8, 4) is 22.5 Å². The van der Waals surface area contributed by atoms with Gasteiger partial charge in [0.1, 0.15) is 5.82 Å². The maximum absolute atomic E-state index is 4.81. The van der Waals surface area contributed by atoms with E-state index in [2.05, 4.69) is 83.3 Å². The number of rotatable bonds is 7. The maximum Gasteiger partial charge on any atom is 0.205 e. The Kier molecular flexibility index (Phi) is 5.70. The van der Waals surface area contributed by atoms with Crippen molar-refractivity contribution in [1.82, 2.24) is 35.4 Å². The van der Waals surface area contributed by atoms with Crippen LogP contribution in [0.3, 0.4) is 0 Å². The summed E-state index contributed by atoms with van der Waals surface area (Å²) in [6.45, 7) is 9.38. The van der Waals surface area contributed by atoms with Gasteiger partial charge in [0.25, 0.3) is 0 Å². The van der Waals surface area contributed by atoms with Gasteiger partial charge in [-0.2, -0.15) is 10.3 Å². The molecule has 2 heterocycles. The van der Waals surface area contributed by atoms with Crippen LogP contribution < -0.4 is 0 Å². The van der Waals surface area contributed by atoms with E-state index >= 15 is 0 Å². The summed E-state index contributed by atoms with van der Waals surface area (Å²) >= 11 is 0. The maximum atomic E-state index is 4.81. The first-order valence-electron chi connectivity index (χ1n) is 10.4. The number of hydrogen-bond donors (Lipinski definition) is 1. The predicted molar refractivity (Wildman–Crippen MR) is 117 cm³/mol. The second-order valence-electron chi connectivity index (χ2n) is 7.93. The zero-order valence-electron chi connectivity index (χ0n) is 17.9. The van der Waals surface area contributed by atoms with Crippen LogP contribution >= 0.6 is 0 Å². The molecule has 0 fully saturated rings. The minimum atomic E-state index is 0.318. The van der Waals surface area contributed by atoms with Crippen molar-refractivity contribution < 1.29 is 0 Å². The summed E-state index contributed by atoms with van der Waals surface area (Å²) in [7, 11) is 0. The second kappa shape index (κ2) is 8.57. The molecule has 0 radical (unpaired) electrons. The topological polar surface area (TPSA) is 85.2 Å². The number of nitrogens with zero attached hydrogens (tertiary/aromatic N) is 6. The van der Waals surface area contributed by atoms with Gasteiger partial charge in [0.05, 0.1) is 6.54 Å². The average Bonchev–Trinajstić information content (AvgIpc) is 3.44. The van der Waals surface area contributed by atoms with Crippen LogP contribution in [0.25, 0.3) is 22.5 Å². The van der Waals surface area contributed by atoms with E-state index in [0.717, 1.165) is 34.8 Å². The van der Waals surface area contributed by atoms with Gasteiger partial charge in [0, 0.05) is 17.4 Å². The van der Waals surface area contributed by atoms with Crippen LogP contribution in [0, 0.1) is 0 Å². The van der Waals surface area contributed by atoms with Gasteiger partial charge in [-0.25, -0.2) is 9.67 Å². The number of nitrogens with one attached hydrogen (secondary N) is 1. The number of aromatic amines is 1. The van der Waals surface area contributed by atoms with Gasteiger partial charge in [0.2, 0.25) is 5.82 Å². The monoisotopic (exact) mass is 401 g/mol. The van der Waals surface area contributed by atoms with Gasteiger partial charge in [-0.1, -0.05) is 76.2 Å². The Labute approximate surface area is 176 Å². The summed E-state index contributed by atoms with van der Waals surface area (Å²) in [6.07, 6.45) is 1.04. The summed E-state index contributed by atoms with van der Waals surface area (Å²) in [4.78, 5) is 4.81. The van der Waals surface area contributed by atoms with Crippen molar-refractivity contribution in [1.29, 1.82) is 0 Å². The van der Waals surface area contributed by atoms with Crippen molar-refractivity contribution in [3.05, 3.63) is 65.7 Å². The quantitative estimate of drug-likeness (QED) is 0.480. The van der Waals surface area contributed by atoms with Crippen molar-refractivity contribution >= 4 is 0 Å². The molecule has 7 heteroatoms. The molecule has 0 aliphatic carbocycles. The highest BCUT2D eigenvalue weighted by Crippen LogP contribution is 2.30.